The first-order valence-corrected chi connectivity index (χ1v) is 6.57. The zero-order valence-electron chi connectivity index (χ0n) is 9.47. The Balaban J connectivity index is 3.17. The van der Waals surface area contributed by atoms with Crippen molar-refractivity contribution in [1.82, 2.24) is 4.31 Å². The average molecular weight is 277 g/mol. The maximum Gasteiger partial charge on any atom is 0.244 e. The molecule has 2 N–H and O–H groups in total. The van der Waals surface area contributed by atoms with E-state index in [2.05, 4.69) is 0 Å². The molecule has 0 heterocycles. The summed E-state index contributed by atoms with van der Waals surface area (Å²) in [6, 6.07) is 4.59. The summed E-state index contributed by atoms with van der Waals surface area (Å²) >= 11 is 5.87. The van der Waals surface area contributed by atoms with Crippen LogP contribution in [0.3, 0.4) is 0 Å². The Labute approximate surface area is 105 Å². The van der Waals surface area contributed by atoms with Crippen LogP contribution in [0.5, 0.6) is 0 Å². The summed E-state index contributed by atoms with van der Waals surface area (Å²) in [4.78, 5) is 10.7. The van der Waals surface area contributed by atoms with E-state index in [1.54, 1.807) is 19.1 Å². The second-order valence-electron chi connectivity index (χ2n) is 3.66. The van der Waals surface area contributed by atoms with Crippen LogP contribution in [0.15, 0.2) is 23.1 Å². The van der Waals surface area contributed by atoms with Gasteiger partial charge < -0.3 is 5.73 Å². The topological polar surface area (TPSA) is 80.5 Å². The standard InChI is InChI=1S/C10H13ClN2O3S/c1-7-3-4-9(8(11)5-7)17(15,16)13(2)6-10(12)14/h3-5H,6H2,1-2H3,(H2,12,14). The van der Waals surface area contributed by atoms with Gasteiger partial charge in [-0.3, -0.25) is 4.79 Å². The highest BCUT2D eigenvalue weighted by atomic mass is 35.5. The number of benzene rings is 1. The minimum Gasteiger partial charge on any atom is -0.369 e. The number of carbonyl (C=O) groups excluding carboxylic acids is 1. The third-order valence-electron chi connectivity index (χ3n) is 2.15. The van der Waals surface area contributed by atoms with E-state index in [0.717, 1.165) is 9.87 Å². The molecule has 1 amide bonds. The minimum atomic E-state index is -3.78. The van der Waals surface area contributed by atoms with E-state index in [9.17, 15) is 13.2 Å². The third kappa shape index (κ3) is 3.18. The van der Waals surface area contributed by atoms with Gasteiger partial charge in [0.1, 0.15) is 4.90 Å². The molecule has 17 heavy (non-hydrogen) atoms. The van der Waals surface area contributed by atoms with Crippen molar-refractivity contribution in [1.29, 1.82) is 0 Å². The van der Waals surface area contributed by atoms with Crippen LogP contribution in [-0.4, -0.2) is 32.2 Å². The van der Waals surface area contributed by atoms with Crippen molar-refractivity contribution in [3.8, 4) is 0 Å². The number of amides is 1. The van der Waals surface area contributed by atoms with Gasteiger partial charge in [0.05, 0.1) is 11.6 Å². The van der Waals surface area contributed by atoms with Gasteiger partial charge in [0.25, 0.3) is 0 Å². The van der Waals surface area contributed by atoms with Crippen molar-refractivity contribution in [3.05, 3.63) is 28.8 Å². The highest BCUT2D eigenvalue weighted by Gasteiger charge is 2.24. The normalized spacial score (nSPS) is 11.8. The summed E-state index contributed by atoms with van der Waals surface area (Å²) in [6.07, 6.45) is 0. The Bertz CT molecular complexity index is 542. The first kappa shape index (κ1) is 14.0. The molecule has 0 aromatic heterocycles. The second kappa shape index (κ2) is 5.03. The number of aryl methyl sites for hydroxylation is 1. The quantitative estimate of drug-likeness (QED) is 0.881. The third-order valence-corrected chi connectivity index (χ3v) is 4.44. The summed E-state index contributed by atoms with van der Waals surface area (Å²) in [5.74, 6) is -0.723. The van der Waals surface area contributed by atoms with Crippen molar-refractivity contribution >= 4 is 27.5 Å². The molecular weight excluding hydrogens is 264 g/mol. The molecule has 1 aromatic carbocycles. The van der Waals surface area contributed by atoms with Crippen LogP contribution >= 0.6 is 11.6 Å². The lowest BCUT2D eigenvalue weighted by Gasteiger charge is -2.16. The van der Waals surface area contributed by atoms with E-state index < -0.39 is 15.9 Å². The Morgan fingerprint density at radius 1 is 1.47 bits per heavy atom. The highest BCUT2D eigenvalue weighted by Crippen LogP contribution is 2.24. The molecule has 0 aliphatic heterocycles. The van der Waals surface area contributed by atoms with Gasteiger partial charge in [-0.15, -0.1) is 0 Å². The van der Waals surface area contributed by atoms with Crippen molar-refractivity contribution in [2.75, 3.05) is 13.6 Å². The number of hydrogen-bond acceptors (Lipinski definition) is 3. The number of rotatable bonds is 4. The molecule has 0 saturated heterocycles. The van der Waals surface area contributed by atoms with Gasteiger partial charge in [-0.25, -0.2) is 8.42 Å². The maximum absolute atomic E-state index is 12.0. The molecule has 0 aliphatic rings. The van der Waals surface area contributed by atoms with Crippen molar-refractivity contribution in [2.24, 2.45) is 5.73 Å². The van der Waals surface area contributed by atoms with Crippen molar-refractivity contribution in [2.45, 2.75) is 11.8 Å². The number of carbonyl (C=O) groups is 1. The van der Waals surface area contributed by atoms with Crippen LogP contribution in [0.4, 0.5) is 0 Å². The summed E-state index contributed by atoms with van der Waals surface area (Å²) in [7, 11) is -2.51. The van der Waals surface area contributed by atoms with Gasteiger partial charge in [0.15, 0.2) is 0 Å². The fourth-order valence-corrected chi connectivity index (χ4v) is 2.99. The Hall–Kier alpha value is -1.11. The van der Waals surface area contributed by atoms with Crippen LogP contribution < -0.4 is 5.73 Å². The predicted molar refractivity (Wildman–Crippen MR) is 65.2 cm³/mol. The first-order valence-electron chi connectivity index (χ1n) is 4.76. The van der Waals surface area contributed by atoms with Crippen LogP contribution in [0, 0.1) is 6.92 Å². The number of likely N-dealkylation sites (N-methyl/N-ethyl adjacent to an activating group) is 1. The van der Waals surface area contributed by atoms with E-state index in [1.807, 2.05) is 0 Å². The van der Waals surface area contributed by atoms with E-state index in [4.69, 9.17) is 17.3 Å². The van der Waals surface area contributed by atoms with Crippen molar-refractivity contribution in [3.63, 3.8) is 0 Å². The monoisotopic (exact) mass is 276 g/mol. The number of sulfonamides is 1. The molecular formula is C10H13ClN2O3S. The molecule has 0 saturated carbocycles. The maximum atomic E-state index is 12.0. The van der Waals surface area contributed by atoms with E-state index in [1.165, 1.54) is 13.1 Å². The van der Waals surface area contributed by atoms with E-state index in [0.29, 0.717) is 0 Å². The lowest BCUT2D eigenvalue weighted by molar-refractivity contribution is -0.118. The van der Waals surface area contributed by atoms with Crippen LogP contribution in [0.25, 0.3) is 0 Å². The molecule has 0 fully saturated rings. The summed E-state index contributed by atoms with van der Waals surface area (Å²) in [5.41, 5.74) is 5.81. The molecule has 7 heteroatoms. The van der Waals surface area contributed by atoms with Crippen LogP contribution in [-0.2, 0) is 14.8 Å². The van der Waals surface area contributed by atoms with Gasteiger partial charge in [-0.2, -0.15) is 4.31 Å². The lowest BCUT2D eigenvalue weighted by Crippen LogP contribution is -2.35. The zero-order valence-corrected chi connectivity index (χ0v) is 11.0. The Morgan fingerprint density at radius 3 is 2.53 bits per heavy atom. The second-order valence-corrected chi connectivity index (χ2v) is 6.08. The molecule has 0 spiro atoms. The zero-order chi connectivity index (χ0) is 13.2. The fourth-order valence-electron chi connectivity index (χ4n) is 1.29. The molecule has 0 aliphatic carbocycles. The van der Waals surface area contributed by atoms with Crippen molar-refractivity contribution < 1.29 is 13.2 Å². The molecule has 94 valence electrons. The molecule has 0 atom stereocenters. The van der Waals surface area contributed by atoms with E-state index >= 15 is 0 Å². The summed E-state index contributed by atoms with van der Waals surface area (Å²) in [6.45, 7) is 1.42. The molecule has 5 nitrogen and oxygen atoms in total. The number of hydrogen-bond donors (Lipinski definition) is 1. The molecule has 0 unspecified atom stereocenters. The van der Waals surface area contributed by atoms with Gasteiger partial charge in [0.2, 0.25) is 15.9 Å². The summed E-state index contributed by atoms with van der Waals surface area (Å²) < 4.78 is 24.9. The van der Waals surface area contributed by atoms with Crippen LogP contribution in [0.1, 0.15) is 5.56 Å². The number of nitrogens with zero attached hydrogens (tertiary/aromatic N) is 1. The van der Waals surface area contributed by atoms with Gasteiger partial charge in [-0.1, -0.05) is 17.7 Å². The van der Waals surface area contributed by atoms with Crippen LogP contribution in [0.2, 0.25) is 5.02 Å². The first-order chi connectivity index (χ1) is 7.75. The highest BCUT2D eigenvalue weighted by molar-refractivity contribution is 7.89. The van der Waals surface area contributed by atoms with Gasteiger partial charge >= 0.3 is 0 Å². The number of nitrogens with two attached hydrogens (primary N) is 1. The number of halogens is 1. The summed E-state index contributed by atoms with van der Waals surface area (Å²) in [5, 5.41) is 0.126. The van der Waals surface area contributed by atoms with E-state index in [-0.39, 0.29) is 16.5 Å². The lowest BCUT2D eigenvalue weighted by atomic mass is 10.2. The SMILES string of the molecule is Cc1ccc(S(=O)(=O)N(C)CC(N)=O)c(Cl)c1. The molecule has 1 rings (SSSR count). The Morgan fingerprint density at radius 2 is 2.06 bits per heavy atom. The minimum absolute atomic E-state index is 0.0338. The van der Waals surface area contributed by atoms with Gasteiger partial charge in [0, 0.05) is 7.05 Å². The molecule has 1 aromatic rings. The van der Waals surface area contributed by atoms with Gasteiger partial charge in [-0.05, 0) is 24.6 Å². The predicted octanol–water partition coefficient (Wildman–Crippen LogP) is 0.754. The molecule has 0 radical (unpaired) electrons. The smallest absolute Gasteiger partial charge is 0.244 e. The Kier molecular flexibility index (Phi) is 4.13. The fraction of sp³-hybridized carbons (Fsp3) is 0.300. The average Bonchev–Trinajstić information content (AvgIpc) is 2.15. The largest absolute Gasteiger partial charge is 0.369 e. The number of primary amides is 1. The molecule has 0 bridgehead atoms.